The highest BCUT2D eigenvalue weighted by molar-refractivity contribution is 4.84. The van der Waals surface area contributed by atoms with Crippen molar-refractivity contribution in [3.8, 4) is 0 Å². The predicted octanol–water partition coefficient (Wildman–Crippen LogP) is 3.28. The van der Waals surface area contributed by atoms with Gasteiger partial charge in [-0.05, 0) is 64.5 Å². The summed E-state index contributed by atoms with van der Waals surface area (Å²) < 4.78 is 0. The van der Waals surface area contributed by atoms with Crippen LogP contribution in [0.2, 0.25) is 0 Å². The molecule has 1 heterocycles. The van der Waals surface area contributed by atoms with Crippen molar-refractivity contribution in [3.63, 3.8) is 0 Å². The lowest BCUT2D eigenvalue weighted by atomic mass is 9.90. The fourth-order valence-electron chi connectivity index (χ4n) is 3.93. The topological polar surface area (TPSA) is 15.3 Å². The fraction of sp³-hybridized carbons (Fsp3) is 1.00. The van der Waals surface area contributed by atoms with Gasteiger partial charge < -0.3 is 10.2 Å². The molecule has 0 aromatic rings. The molecule has 1 saturated heterocycles. The van der Waals surface area contributed by atoms with Crippen molar-refractivity contribution >= 4 is 0 Å². The molecular formula is C16H32N2. The first-order chi connectivity index (χ1) is 8.70. The Hall–Kier alpha value is -0.0800. The van der Waals surface area contributed by atoms with E-state index in [1.165, 1.54) is 58.2 Å². The number of nitrogens with one attached hydrogen (secondary N) is 1. The molecule has 1 aliphatic heterocycles. The van der Waals surface area contributed by atoms with Crippen LogP contribution >= 0.6 is 0 Å². The van der Waals surface area contributed by atoms with Crippen molar-refractivity contribution in [2.75, 3.05) is 19.6 Å². The smallest absolute Gasteiger partial charge is 0.00818 e. The molecule has 2 unspecified atom stereocenters. The molecule has 2 fully saturated rings. The molecule has 1 aliphatic carbocycles. The summed E-state index contributed by atoms with van der Waals surface area (Å²) in [5, 5.41) is 3.91. The Morgan fingerprint density at radius 1 is 1.00 bits per heavy atom. The van der Waals surface area contributed by atoms with Gasteiger partial charge in [-0.2, -0.15) is 0 Å². The Labute approximate surface area is 114 Å². The molecule has 3 atom stereocenters. The van der Waals surface area contributed by atoms with Crippen molar-refractivity contribution < 1.29 is 0 Å². The van der Waals surface area contributed by atoms with Crippen molar-refractivity contribution in [1.82, 2.24) is 10.2 Å². The monoisotopic (exact) mass is 252 g/mol. The van der Waals surface area contributed by atoms with Crippen LogP contribution < -0.4 is 5.32 Å². The maximum atomic E-state index is 3.91. The first kappa shape index (κ1) is 14.3. The van der Waals surface area contributed by atoms with Gasteiger partial charge in [-0.15, -0.1) is 0 Å². The Kier molecular flexibility index (Phi) is 5.50. The molecule has 1 N–H and O–H groups in total. The lowest BCUT2D eigenvalue weighted by Crippen LogP contribution is -2.48. The Balaban J connectivity index is 1.77. The van der Waals surface area contributed by atoms with Gasteiger partial charge in [-0.25, -0.2) is 0 Å². The predicted molar refractivity (Wildman–Crippen MR) is 78.9 cm³/mol. The number of rotatable bonds is 5. The van der Waals surface area contributed by atoms with Gasteiger partial charge in [0.25, 0.3) is 0 Å². The first-order valence-corrected chi connectivity index (χ1v) is 8.19. The minimum atomic E-state index is 0.690. The second-order valence-electron chi connectivity index (χ2n) is 6.58. The lowest BCUT2D eigenvalue weighted by Gasteiger charge is -2.37. The highest BCUT2D eigenvalue weighted by Gasteiger charge is 2.27. The normalized spacial score (nSPS) is 30.5. The molecule has 18 heavy (non-hydrogen) atoms. The number of hydrogen-bond acceptors (Lipinski definition) is 2. The number of hydrogen-bond donors (Lipinski definition) is 1. The third kappa shape index (κ3) is 3.71. The van der Waals surface area contributed by atoms with E-state index < -0.39 is 0 Å². The lowest BCUT2D eigenvalue weighted by molar-refractivity contribution is 0.148. The zero-order chi connectivity index (χ0) is 13.0. The SMILES string of the molecule is CCN1CCCC(C(C)N[C@@H](C)C2CCCC2)C1. The molecule has 0 radical (unpaired) electrons. The molecule has 0 aromatic carbocycles. The third-order valence-corrected chi connectivity index (χ3v) is 5.33. The van der Waals surface area contributed by atoms with Crippen molar-refractivity contribution in [2.24, 2.45) is 11.8 Å². The summed E-state index contributed by atoms with van der Waals surface area (Å²) in [5.74, 6) is 1.81. The van der Waals surface area contributed by atoms with Crippen molar-refractivity contribution in [1.29, 1.82) is 0 Å². The zero-order valence-electron chi connectivity index (χ0n) is 12.6. The van der Waals surface area contributed by atoms with Gasteiger partial charge in [0.1, 0.15) is 0 Å². The van der Waals surface area contributed by atoms with E-state index in [0.29, 0.717) is 6.04 Å². The van der Waals surface area contributed by atoms with E-state index in [2.05, 4.69) is 31.0 Å². The second kappa shape index (κ2) is 6.91. The molecule has 0 amide bonds. The van der Waals surface area contributed by atoms with E-state index in [0.717, 1.165) is 17.9 Å². The van der Waals surface area contributed by atoms with Crippen LogP contribution in [0.4, 0.5) is 0 Å². The van der Waals surface area contributed by atoms with Crippen molar-refractivity contribution in [3.05, 3.63) is 0 Å². The van der Waals surface area contributed by atoms with Crippen LogP contribution in [-0.2, 0) is 0 Å². The van der Waals surface area contributed by atoms with Crippen LogP contribution in [-0.4, -0.2) is 36.6 Å². The highest BCUT2D eigenvalue weighted by atomic mass is 15.1. The van der Waals surface area contributed by atoms with Crippen LogP contribution in [0, 0.1) is 11.8 Å². The standard InChI is InChI=1S/C16H32N2/c1-4-18-11-7-10-16(12-18)14(3)17-13(2)15-8-5-6-9-15/h13-17H,4-12H2,1-3H3/t13-,14?,16?/m0/s1. The molecule has 0 bridgehead atoms. The molecule has 2 aliphatic rings. The zero-order valence-corrected chi connectivity index (χ0v) is 12.6. The molecule has 2 rings (SSSR count). The maximum Gasteiger partial charge on any atom is 0.00818 e. The molecule has 2 heteroatoms. The minimum absolute atomic E-state index is 0.690. The van der Waals surface area contributed by atoms with Gasteiger partial charge in [0, 0.05) is 18.6 Å². The largest absolute Gasteiger partial charge is 0.311 e. The van der Waals surface area contributed by atoms with Crippen LogP contribution in [0.1, 0.15) is 59.3 Å². The Bertz CT molecular complexity index is 235. The van der Waals surface area contributed by atoms with Crippen LogP contribution in [0.25, 0.3) is 0 Å². The Morgan fingerprint density at radius 3 is 2.28 bits per heavy atom. The third-order valence-electron chi connectivity index (χ3n) is 5.33. The van der Waals surface area contributed by atoms with E-state index in [1.54, 1.807) is 0 Å². The quantitative estimate of drug-likeness (QED) is 0.808. The average Bonchev–Trinajstić information content (AvgIpc) is 2.92. The fourth-order valence-corrected chi connectivity index (χ4v) is 3.93. The summed E-state index contributed by atoms with van der Waals surface area (Å²) in [6, 6.07) is 1.41. The van der Waals surface area contributed by atoms with Gasteiger partial charge >= 0.3 is 0 Å². The summed E-state index contributed by atoms with van der Waals surface area (Å²) in [7, 11) is 0. The van der Waals surface area contributed by atoms with E-state index in [4.69, 9.17) is 0 Å². The van der Waals surface area contributed by atoms with Gasteiger partial charge in [0.15, 0.2) is 0 Å². The molecule has 0 aromatic heterocycles. The van der Waals surface area contributed by atoms with E-state index >= 15 is 0 Å². The molecule has 1 saturated carbocycles. The maximum absolute atomic E-state index is 3.91. The van der Waals surface area contributed by atoms with E-state index in [1.807, 2.05) is 0 Å². The highest BCUT2D eigenvalue weighted by Crippen LogP contribution is 2.28. The van der Waals surface area contributed by atoms with Crippen LogP contribution in [0.3, 0.4) is 0 Å². The van der Waals surface area contributed by atoms with Crippen molar-refractivity contribution in [2.45, 2.75) is 71.4 Å². The van der Waals surface area contributed by atoms with E-state index in [-0.39, 0.29) is 0 Å². The first-order valence-electron chi connectivity index (χ1n) is 8.19. The molecule has 0 spiro atoms. The van der Waals surface area contributed by atoms with Crippen LogP contribution in [0.15, 0.2) is 0 Å². The number of likely N-dealkylation sites (tertiary alicyclic amines) is 1. The molecule has 106 valence electrons. The van der Waals surface area contributed by atoms with Gasteiger partial charge in [0.2, 0.25) is 0 Å². The van der Waals surface area contributed by atoms with Gasteiger partial charge in [-0.1, -0.05) is 19.8 Å². The van der Waals surface area contributed by atoms with E-state index in [9.17, 15) is 0 Å². The number of piperidine rings is 1. The molecular weight excluding hydrogens is 220 g/mol. The summed E-state index contributed by atoms with van der Waals surface area (Å²) in [5.41, 5.74) is 0. The minimum Gasteiger partial charge on any atom is -0.311 e. The van der Waals surface area contributed by atoms with Crippen LogP contribution in [0.5, 0.6) is 0 Å². The summed E-state index contributed by atoms with van der Waals surface area (Å²) in [6.07, 6.45) is 8.62. The summed E-state index contributed by atoms with van der Waals surface area (Å²) in [4.78, 5) is 2.62. The Morgan fingerprint density at radius 2 is 1.61 bits per heavy atom. The second-order valence-corrected chi connectivity index (χ2v) is 6.58. The van der Waals surface area contributed by atoms with Gasteiger partial charge in [-0.3, -0.25) is 0 Å². The average molecular weight is 252 g/mol. The summed E-state index contributed by atoms with van der Waals surface area (Å²) in [6.45, 7) is 11.0. The molecule has 2 nitrogen and oxygen atoms in total. The summed E-state index contributed by atoms with van der Waals surface area (Å²) >= 11 is 0. The van der Waals surface area contributed by atoms with Gasteiger partial charge in [0.05, 0.1) is 0 Å². The number of nitrogens with zero attached hydrogens (tertiary/aromatic N) is 1.